The molecule has 104 valence electrons. The van der Waals surface area contributed by atoms with Gasteiger partial charge in [0, 0.05) is 29.3 Å². The summed E-state index contributed by atoms with van der Waals surface area (Å²) >= 11 is 0. The lowest BCUT2D eigenvalue weighted by atomic mass is 10.2. The molecule has 0 aliphatic rings. The van der Waals surface area contributed by atoms with Crippen molar-refractivity contribution in [2.45, 2.75) is 6.92 Å². The lowest BCUT2D eigenvalue weighted by molar-refractivity contribution is 0.102. The van der Waals surface area contributed by atoms with E-state index in [4.69, 9.17) is 0 Å². The summed E-state index contributed by atoms with van der Waals surface area (Å²) in [5.41, 5.74) is 2.50. The minimum Gasteiger partial charge on any atom is -0.324 e. The number of aromatic nitrogens is 2. The van der Waals surface area contributed by atoms with E-state index in [-0.39, 0.29) is 5.91 Å². The zero-order valence-corrected chi connectivity index (χ0v) is 11.7. The van der Waals surface area contributed by atoms with Crippen molar-refractivity contribution in [2.24, 2.45) is 0 Å². The number of nitrogens with zero attached hydrogens (tertiary/aromatic N) is 2. The Morgan fingerprint density at radius 2 is 1.71 bits per heavy atom. The normalized spacial score (nSPS) is 10.3. The summed E-state index contributed by atoms with van der Waals surface area (Å²) in [4.78, 5) is 16.4. The van der Waals surface area contributed by atoms with Crippen molar-refractivity contribution in [3.63, 3.8) is 0 Å². The van der Waals surface area contributed by atoms with Gasteiger partial charge in [0.15, 0.2) is 0 Å². The van der Waals surface area contributed by atoms with Gasteiger partial charge in [0.2, 0.25) is 0 Å². The SMILES string of the molecule is Cc1cccc(NC(=O)c2ccc(-n3cccc3)cc2)n1. The van der Waals surface area contributed by atoms with Crippen LogP contribution in [0.2, 0.25) is 0 Å². The number of hydrogen-bond donors (Lipinski definition) is 1. The predicted octanol–water partition coefficient (Wildman–Crippen LogP) is 3.43. The first-order valence-electron chi connectivity index (χ1n) is 6.71. The van der Waals surface area contributed by atoms with Crippen molar-refractivity contribution in [1.82, 2.24) is 9.55 Å². The Bertz CT molecular complexity index is 746. The Kier molecular flexibility index (Phi) is 3.51. The summed E-state index contributed by atoms with van der Waals surface area (Å²) < 4.78 is 1.99. The van der Waals surface area contributed by atoms with E-state index < -0.39 is 0 Å². The van der Waals surface area contributed by atoms with Crippen molar-refractivity contribution < 1.29 is 4.79 Å². The maximum atomic E-state index is 12.2. The van der Waals surface area contributed by atoms with E-state index in [9.17, 15) is 4.79 Å². The number of amides is 1. The highest BCUT2D eigenvalue weighted by Crippen LogP contribution is 2.12. The van der Waals surface area contributed by atoms with E-state index in [1.807, 2.05) is 60.3 Å². The van der Waals surface area contributed by atoms with Crippen LogP contribution >= 0.6 is 0 Å². The molecule has 1 aromatic carbocycles. The molecule has 0 spiro atoms. The molecule has 0 bridgehead atoms. The second-order valence-electron chi connectivity index (χ2n) is 4.76. The molecule has 1 amide bonds. The highest BCUT2D eigenvalue weighted by Gasteiger charge is 2.07. The lowest BCUT2D eigenvalue weighted by Crippen LogP contribution is -2.13. The molecular weight excluding hydrogens is 262 g/mol. The molecular formula is C17H15N3O. The van der Waals surface area contributed by atoms with E-state index in [1.54, 1.807) is 18.2 Å². The highest BCUT2D eigenvalue weighted by molar-refractivity contribution is 6.03. The van der Waals surface area contributed by atoms with Crippen molar-refractivity contribution in [3.05, 3.63) is 78.2 Å². The monoisotopic (exact) mass is 277 g/mol. The lowest BCUT2D eigenvalue weighted by Gasteiger charge is -2.07. The zero-order valence-electron chi connectivity index (χ0n) is 11.7. The molecule has 0 fully saturated rings. The quantitative estimate of drug-likeness (QED) is 0.797. The first kappa shape index (κ1) is 13.1. The number of aryl methyl sites for hydroxylation is 1. The Morgan fingerprint density at radius 3 is 2.38 bits per heavy atom. The Balaban J connectivity index is 1.76. The van der Waals surface area contributed by atoms with Crippen LogP contribution in [0.3, 0.4) is 0 Å². The molecule has 0 atom stereocenters. The molecule has 0 saturated carbocycles. The fraction of sp³-hybridized carbons (Fsp3) is 0.0588. The van der Waals surface area contributed by atoms with Gasteiger partial charge in [-0.3, -0.25) is 4.79 Å². The van der Waals surface area contributed by atoms with Gasteiger partial charge < -0.3 is 9.88 Å². The summed E-state index contributed by atoms with van der Waals surface area (Å²) in [6.45, 7) is 1.89. The minimum atomic E-state index is -0.160. The number of pyridine rings is 1. The van der Waals surface area contributed by atoms with Gasteiger partial charge in [-0.05, 0) is 55.5 Å². The van der Waals surface area contributed by atoms with E-state index in [0.29, 0.717) is 11.4 Å². The molecule has 2 heterocycles. The number of rotatable bonds is 3. The van der Waals surface area contributed by atoms with Crippen LogP contribution < -0.4 is 5.32 Å². The Morgan fingerprint density at radius 1 is 1.00 bits per heavy atom. The first-order valence-corrected chi connectivity index (χ1v) is 6.71. The standard InChI is InChI=1S/C17H15N3O/c1-13-5-4-6-16(18-13)19-17(21)14-7-9-15(10-8-14)20-11-2-3-12-20/h2-12H,1H3,(H,18,19,21). The van der Waals surface area contributed by atoms with Gasteiger partial charge in [0.1, 0.15) is 5.82 Å². The molecule has 3 aromatic rings. The number of carbonyl (C=O) groups is 1. The summed E-state index contributed by atoms with van der Waals surface area (Å²) in [7, 11) is 0. The molecule has 0 unspecified atom stereocenters. The Hall–Kier alpha value is -2.88. The molecule has 2 aromatic heterocycles. The third-order valence-electron chi connectivity index (χ3n) is 3.16. The average molecular weight is 277 g/mol. The largest absolute Gasteiger partial charge is 0.324 e. The zero-order chi connectivity index (χ0) is 14.7. The van der Waals surface area contributed by atoms with Crippen LogP contribution in [0, 0.1) is 6.92 Å². The summed E-state index contributed by atoms with van der Waals surface area (Å²) in [5, 5.41) is 2.80. The van der Waals surface area contributed by atoms with E-state index in [0.717, 1.165) is 11.4 Å². The third kappa shape index (κ3) is 3.00. The number of benzene rings is 1. The summed E-state index contributed by atoms with van der Waals surface area (Å²) in [6.07, 6.45) is 3.93. The second kappa shape index (κ2) is 5.63. The van der Waals surface area contributed by atoms with E-state index in [2.05, 4.69) is 10.3 Å². The fourth-order valence-corrected chi connectivity index (χ4v) is 2.09. The maximum absolute atomic E-state index is 12.2. The molecule has 0 radical (unpaired) electrons. The molecule has 0 aliphatic heterocycles. The summed E-state index contributed by atoms with van der Waals surface area (Å²) in [5.74, 6) is 0.404. The first-order chi connectivity index (χ1) is 10.2. The van der Waals surface area contributed by atoms with Crippen LogP contribution in [-0.2, 0) is 0 Å². The molecule has 0 aliphatic carbocycles. The number of anilines is 1. The molecule has 21 heavy (non-hydrogen) atoms. The van der Waals surface area contributed by atoms with Crippen LogP contribution in [0.4, 0.5) is 5.82 Å². The van der Waals surface area contributed by atoms with Gasteiger partial charge in [-0.25, -0.2) is 4.98 Å². The van der Waals surface area contributed by atoms with E-state index in [1.165, 1.54) is 0 Å². The van der Waals surface area contributed by atoms with Gasteiger partial charge >= 0.3 is 0 Å². The van der Waals surface area contributed by atoms with Gasteiger partial charge in [0.25, 0.3) is 5.91 Å². The molecule has 1 N–H and O–H groups in total. The van der Waals surface area contributed by atoms with Crippen LogP contribution in [0.1, 0.15) is 16.1 Å². The average Bonchev–Trinajstić information content (AvgIpc) is 3.01. The van der Waals surface area contributed by atoms with Gasteiger partial charge in [0.05, 0.1) is 0 Å². The van der Waals surface area contributed by atoms with Crippen molar-refractivity contribution in [1.29, 1.82) is 0 Å². The highest BCUT2D eigenvalue weighted by atomic mass is 16.1. The van der Waals surface area contributed by atoms with Crippen LogP contribution in [0.5, 0.6) is 0 Å². The number of carbonyl (C=O) groups excluding carboxylic acids is 1. The molecule has 4 heteroatoms. The van der Waals surface area contributed by atoms with Crippen LogP contribution in [0.25, 0.3) is 5.69 Å². The van der Waals surface area contributed by atoms with Gasteiger partial charge in [-0.1, -0.05) is 6.07 Å². The summed E-state index contributed by atoms with van der Waals surface area (Å²) in [6, 6.07) is 16.9. The van der Waals surface area contributed by atoms with Crippen molar-refractivity contribution in [2.75, 3.05) is 5.32 Å². The van der Waals surface area contributed by atoms with E-state index >= 15 is 0 Å². The smallest absolute Gasteiger partial charge is 0.256 e. The number of nitrogens with one attached hydrogen (secondary N) is 1. The Labute approximate surface area is 123 Å². The predicted molar refractivity (Wildman–Crippen MR) is 82.7 cm³/mol. The van der Waals surface area contributed by atoms with Gasteiger partial charge in [-0.2, -0.15) is 0 Å². The van der Waals surface area contributed by atoms with Gasteiger partial charge in [-0.15, -0.1) is 0 Å². The minimum absolute atomic E-state index is 0.160. The third-order valence-corrected chi connectivity index (χ3v) is 3.16. The number of hydrogen-bond acceptors (Lipinski definition) is 2. The van der Waals surface area contributed by atoms with Crippen LogP contribution in [0.15, 0.2) is 67.0 Å². The van der Waals surface area contributed by atoms with Crippen LogP contribution in [-0.4, -0.2) is 15.5 Å². The molecule has 4 nitrogen and oxygen atoms in total. The fourth-order valence-electron chi connectivity index (χ4n) is 2.09. The van der Waals surface area contributed by atoms with Crippen molar-refractivity contribution >= 4 is 11.7 Å². The second-order valence-corrected chi connectivity index (χ2v) is 4.76. The molecule has 3 rings (SSSR count). The molecule has 0 saturated heterocycles. The van der Waals surface area contributed by atoms with Crippen molar-refractivity contribution in [3.8, 4) is 5.69 Å². The maximum Gasteiger partial charge on any atom is 0.256 e. The topological polar surface area (TPSA) is 46.9 Å².